The molecule has 1 aliphatic rings. The van der Waals surface area contributed by atoms with Gasteiger partial charge in [-0.15, -0.1) is 0 Å². The van der Waals surface area contributed by atoms with Crippen molar-refractivity contribution in [3.8, 4) is 0 Å². The normalized spacial score (nSPS) is 19.6. The van der Waals surface area contributed by atoms with Crippen LogP contribution in [0.4, 0.5) is 0 Å². The van der Waals surface area contributed by atoms with Crippen molar-refractivity contribution in [1.29, 1.82) is 0 Å². The molecule has 1 atom stereocenters. The van der Waals surface area contributed by atoms with Gasteiger partial charge in [-0.05, 0) is 37.1 Å². The number of nitrogens with one attached hydrogen (secondary N) is 2. The summed E-state index contributed by atoms with van der Waals surface area (Å²) in [6.07, 6.45) is 5.25. The van der Waals surface area contributed by atoms with Crippen LogP contribution in [0.25, 0.3) is 0 Å². The molecular weight excluding hydrogens is 202 g/mol. The van der Waals surface area contributed by atoms with Crippen LogP contribution in [0.3, 0.4) is 0 Å². The molecule has 16 heavy (non-hydrogen) atoms. The summed E-state index contributed by atoms with van der Waals surface area (Å²) < 4.78 is 0. The summed E-state index contributed by atoms with van der Waals surface area (Å²) in [6.45, 7) is 2.59. The second kappa shape index (κ2) is 5.61. The van der Waals surface area contributed by atoms with Gasteiger partial charge in [-0.3, -0.25) is 9.78 Å². The summed E-state index contributed by atoms with van der Waals surface area (Å²) in [4.78, 5) is 15.6. The van der Waals surface area contributed by atoms with Gasteiger partial charge in [0.2, 0.25) is 5.91 Å². The first-order valence-electron chi connectivity index (χ1n) is 5.71. The average molecular weight is 219 g/mol. The van der Waals surface area contributed by atoms with Crippen LogP contribution >= 0.6 is 0 Å². The van der Waals surface area contributed by atoms with E-state index < -0.39 is 0 Å². The van der Waals surface area contributed by atoms with Crippen LogP contribution in [-0.2, 0) is 11.3 Å². The fourth-order valence-corrected chi connectivity index (χ4v) is 1.93. The lowest BCUT2D eigenvalue weighted by Crippen LogP contribution is -2.25. The summed E-state index contributed by atoms with van der Waals surface area (Å²) in [5.41, 5.74) is 1.04. The molecule has 1 saturated heterocycles. The van der Waals surface area contributed by atoms with Crippen molar-refractivity contribution in [2.75, 3.05) is 13.1 Å². The zero-order valence-electron chi connectivity index (χ0n) is 9.28. The second-order valence-corrected chi connectivity index (χ2v) is 4.20. The molecule has 2 heterocycles. The lowest BCUT2D eigenvalue weighted by molar-refractivity contribution is -0.122. The van der Waals surface area contributed by atoms with E-state index in [1.807, 2.05) is 12.1 Å². The SMILES string of the molecule is O=C(CC1CCNC1)NCc1cccnc1. The highest BCUT2D eigenvalue weighted by Gasteiger charge is 2.17. The lowest BCUT2D eigenvalue weighted by Gasteiger charge is -2.08. The highest BCUT2D eigenvalue weighted by atomic mass is 16.1. The number of carbonyl (C=O) groups excluding carboxylic acids is 1. The Kier molecular flexibility index (Phi) is 3.88. The third-order valence-corrected chi connectivity index (χ3v) is 2.85. The minimum absolute atomic E-state index is 0.137. The third kappa shape index (κ3) is 3.31. The Balaban J connectivity index is 1.71. The standard InChI is InChI=1S/C12H17N3O/c16-12(6-10-3-5-14-7-10)15-9-11-2-1-4-13-8-11/h1-2,4,8,10,14H,3,5-7,9H2,(H,15,16). The zero-order chi connectivity index (χ0) is 11.2. The first kappa shape index (κ1) is 11.1. The van der Waals surface area contributed by atoms with Crippen molar-refractivity contribution in [3.05, 3.63) is 30.1 Å². The van der Waals surface area contributed by atoms with Crippen molar-refractivity contribution in [1.82, 2.24) is 15.6 Å². The lowest BCUT2D eigenvalue weighted by atomic mass is 10.0. The van der Waals surface area contributed by atoms with Gasteiger partial charge in [-0.1, -0.05) is 6.07 Å². The van der Waals surface area contributed by atoms with Crippen molar-refractivity contribution >= 4 is 5.91 Å². The quantitative estimate of drug-likeness (QED) is 0.783. The van der Waals surface area contributed by atoms with Gasteiger partial charge in [0.1, 0.15) is 0 Å². The number of rotatable bonds is 4. The Bertz CT molecular complexity index is 333. The van der Waals surface area contributed by atoms with Gasteiger partial charge in [0, 0.05) is 25.4 Å². The van der Waals surface area contributed by atoms with Crippen molar-refractivity contribution < 1.29 is 4.79 Å². The molecule has 1 fully saturated rings. The van der Waals surface area contributed by atoms with Crippen molar-refractivity contribution in [2.45, 2.75) is 19.4 Å². The van der Waals surface area contributed by atoms with Crippen molar-refractivity contribution in [3.63, 3.8) is 0 Å². The van der Waals surface area contributed by atoms with Crippen LogP contribution in [0.15, 0.2) is 24.5 Å². The van der Waals surface area contributed by atoms with Gasteiger partial charge in [-0.25, -0.2) is 0 Å². The van der Waals surface area contributed by atoms with Crippen LogP contribution < -0.4 is 10.6 Å². The Labute approximate surface area is 95.5 Å². The fraction of sp³-hybridized carbons (Fsp3) is 0.500. The number of aromatic nitrogens is 1. The molecule has 1 aromatic heterocycles. The maximum Gasteiger partial charge on any atom is 0.220 e. The highest BCUT2D eigenvalue weighted by molar-refractivity contribution is 5.76. The molecule has 0 saturated carbocycles. The number of nitrogens with zero attached hydrogens (tertiary/aromatic N) is 1. The average Bonchev–Trinajstić information content (AvgIpc) is 2.81. The molecule has 4 nitrogen and oxygen atoms in total. The molecule has 0 bridgehead atoms. The Morgan fingerprint density at radius 3 is 3.25 bits per heavy atom. The van der Waals surface area contributed by atoms with Gasteiger partial charge in [0.05, 0.1) is 0 Å². The number of amides is 1. The molecule has 1 unspecified atom stereocenters. The third-order valence-electron chi connectivity index (χ3n) is 2.85. The smallest absolute Gasteiger partial charge is 0.220 e. The Morgan fingerprint density at radius 2 is 2.56 bits per heavy atom. The summed E-state index contributed by atoms with van der Waals surface area (Å²) in [5.74, 6) is 0.645. The first-order chi connectivity index (χ1) is 7.84. The van der Waals surface area contributed by atoms with E-state index in [0.29, 0.717) is 18.9 Å². The molecule has 0 radical (unpaired) electrons. The van der Waals surface area contributed by atoms with E-state index in [-0.39, 0.29) is 5.91 Å². The molecule has 2 N–H and O–H groups in total. The summed E-state index contributed by atoms with van der Waals surface area (Å²) in [6, 6.07) is 3.84. The molecule has 1 amide bonds. The second-order valence-electron chi connectivity index (χ2n) is 4.20. The van der Waals surface area contributed by atoms with Crippen LogP contribution in [-0.4, -0.2) is 24.0 Å². The van der Waals surface area contributed by atoms with Gasteiger partial charge in [0.25, 0.3) is 0 Å². The predicted molar refractivity (Wildman–Crippen MR) is 61.7 cm³/mol. The number of carbonyl (C=O) groups is 1. The molecule has 1 aromatic rings. The molecule has 86 valence electrons. The Hall–Kier alpha value is -1.42. The molecule has 1 aliphatic heterocycles. The predicted octanol–water partition coefficient (Wildman–Crippen LogP) is 0.697. The van der Waals surface area contributed by atoms with E-state index in [1.165, 1.54) is 0 Å². The first-order valence-corrected chi connectivity index (χ1v) is 5.71. The van der Waals surface area contributed by atoms with Crippen LogP contribution in [0.5, 0.6) is 0 Å². The molecular formula is C12H17N3O. The summed E-state index contributed by atoms with van der Waals surface area (Å²) >= 11 is 0. The van der Waals surface area contributed by atoms with E-state index in [4.69, 9.17) is 0 Å². The summed E-state index contributed by atoms with van der Waals surface area (Å²) in [7, 11) is 0. The number of hydrogen-bond donors (Lipinski definition) is 2. The van der Waals surface area contributed by atoms with E-state index in [9.17, 15) is 4.79 Å². The van der Waals surface area contributed by atoms with Crippen molar-refractivity contribution in [2.24, 2.45) is 5.92 Å². The minimum Gasteiger partial charge on any atom is -0.352 e. The van der Waals surface area contributed by atoms with Gasteiger partial charge in [0.15, 0.2) is 0 Å². The van der Waals surface area contributed by atoms with Crippen LogP contribution in [0.1, 0.15) is 18.4 Å². The number of pyridine rings is 1. The van der Waals surface area contributed by atoms with Gasteiger partial charge in [-0.2, -0.15) is 0 Å². The van der Waals surface area contributed by atoms with E-state index in [2.05, 4.69) is 15.6 Å². The molecule has 4 heteroatoms. The highest BCUT2D eigenvalue weighted by Crippen LogP contribution is 2.11. The zero-order valence-corrected chi connectivity index (χ0v) is 9.28. The monoisotopic (exact) mass is 219 g/mol. The minimum atomic E-state index is 0.137. The fourth-order valence-electron chi connectivity index (χ4n) is 1.93. The maximum absolute atomic E-state index is 11.6. The molecule has 0 aliphatic carbocycles. The van der Waals surface area contributed by atoms with Gasteiger partial charge < -0.3 is 10.6 Å². The Morgan fingerprint density at radius 1 is 1.62 bits per heavy atom. The molecule has 0 aromatic carbocycles. The van der Waals surface area contributed by atoms with Crippen LogP contribution in [0, 0.1) is 5.92 Å². The van der Waals surface area contributed by atoms with E-state index in [1.54, 1.807) is 12.4 Å². The van der Waals surface area contributed by atoms with Gasteiger partial charge >= 0.3 is 0 Å². The van der Waals surface area contributed by atoms with E-state index in [0.717, 1.165) is 25.1 Å². The summed E-state index contributed by atoms with van der Waals surface area (Å²) in [5, 5.41) is 6.18. The largest absolute Gasteiger partial charge is 0.352 e. The molecule has 2 rings (SSSR count). The topological polar surface area (TPSA) is 54.0 Å². The maximum atomic E-state index is 11.6. The number of hydrogen-bond acceptors (Lipinski definition) is 3. The van der Waals surface area contributed by atoms with Crippen LogP contribution in [0.2, 0.25) is 0 Å². The van der Waals surface area contributed by atoms with E-state index >= 15 is 0 Å². The molecule has 0 spiro atoms.